The van der Waals surface area contributed by atoms with Crippen LogP contribution in [0.2, 0.25) is 0 Å². The van der Waals surface area contributed by atoms with Crippen molar-refractivity contribution in [3.05, 3.63) is 24.0 Å². The van der Waals surface area contributed by atoms with E-state index in [0.29, 0.717) is 5.92 Å². The lowest BCUT2D eigenvalue weighted by molar-refractivity contribution is 0.611. The first-order valence-electron chi connectivity index (χ1n) is 5.35. The van der Waals surface area contributed by atoms with Crippen LogP contribution in [-0.2, 0) is 0 Å². The predicted molar refractivity (Wildman–Crippen MR) is 63.5 cm³/mol. The number of nitrogen functional groups attached to an aromatic ring is 1. The van der Waals surface area contributed by atoms with Crippen LogP contribution < -0.4 is 10.6 Å². The van der Waals surface area contributed by atoms with Gasteiger partial charge in [-0.15, -0.1) is 0 Å². The Hall–Kier alpha value is -1.25. The van der Waals surface area contributed by atoms with E-state index in [1.165, 1.54) is 6.07 Å². The van der Waals surface area contributed by atoms with E-state index < -0.39 is 0 Å². The van der Waals surface area contributed by atoms with Gasteiger partial charge in [-0.1, -0.05) is 19.9 Å². The molecule has 2 N–H and O–H groups in total. The number of nitrogens with zero attached hydrogens (tertiary/aromatic N) is 1. The number of benzene rings is 1. The molecule has 0 heterocycles. The molecule has 0 saturated heterocycles. The zero-order valence-electron chi connectivity index (χ0n) is 9.63. The zero-order valence-corrected chi connectivity index (χ0v) is 9.63. The lowest BCUT2D eigenvalue weighted by atomic mass is 10.1. The molecule has 0 radical (unpaired) electrons. The molecule has 0 amide bonds. The molecule has 0 fully saturated rings. The van der Waals surface area contributed by atoms with Crippen molar-refractivity contribution in [1.29, 1.82) is 0 Å². The maximum atomic E-state index is 13.3. The Kier molecular flexibility index (Phi) is 3.95. The van der Waals surface area contributed by atoms with E-state index in [2.05, 4.69) is 18.7 Å². The minimum Gasteiger partial charge on any atom is -0.395 e. The molecular weight excluding hydrogens is 191 g/mol. The number of anilines is 2. The molecule has 1 aromatic carbocycles. The first-order chi connectivity index (χ1) is 7.06. The molecular formula is C12H19FN2. The average molecular weight is 210 g/mol. The molecule has 0 aliphatic heterocycles. The number of nitrogens with two attached hydrogens (primary N) is 1. The fourth-order valence-electron chi connectivity index (χ4n) is 1.64. The van der Waals surface area contributed by atoms with Crippen molar-refractivity contribution in [2.75, 3.05) is 23.7 Å². The van der Waals surface area contributed by atoms with Gasteiger partial charge in [0.25, 0.3) is 0 Å². The number of rotatable bonds is 4. The third-order valence-corrected chi connectivity index (χ3v) is 2.34. The third kappa shape index (κ3) is 2.85. The van der Waals surface area contributed by atoms with E-state index in [1.54, 1.807) is 6.07 Å². The van der Waals surface area contributed by atoms with Crippen LogP contribution in [0, 0.1) is 11.7 Å². The molecule has 0 saturated carbocycles. The van der Waals surface area contributed by atoms with Crippen LogP contribution in [-0.4, -0.2) is 13.1 Å². The smallest absolute Gasteiger partial charge is 0.148 e. The normalized spacial score (nSPS) is 10.7. The molecule has 0 spiro atoms. The maximum absolute atomic E-state index is 13.3. The van der Waals surface area contributed by atoms with Gasteiger partial charge < -0.3 is 10.6 Å². The Balaban J connectivity index is 2.96. The van der Waals surface area contributed by atoms with Crippen LogP contribution in [0.5, 0.6) is 0 Å². The fraction of sp³-hybridized carbons (Fsp3) is 0.500. The molecule has 0 aliphatic rings. The van der Waals surface area contributed by atoms with Gasteiger partial charge in [-0.2, -0.15) is 0 Å². The molecule has 84 valence electrons. The van der Waals surface area contributed by atoms with Crippen LogP contribution >= 0.6 is 0 Å². The van der Waals surface area contributed by atoms with Crippen LogP contribution in [0.4, 0.5) is 15.8 Å². The fourth-order valence-corrected chi connectivity index (χ4v) is 1.64. The van der Waals surface area contributed by atoms with Gasteiger partial charge in [0.15, 0.2) is 0 Å². The summed E-state index contributed by atoms with van der Waals surface area (Å²) >= 11 is 0. The van der Waals surface area contributed by atoms with Gasteiger partial charge in [0, 0.05) is 13.1 Å². The van der Waals surface area contributed by atoms with Crippen molar-refractivity contribution >= 4 is 11.4 Å². The van der Waals surface area contributed by atoms with Gasteiger partial charge in [0.1, 0.15) is 5.82 Å². The minimum atomic E-state index is -0.338. The van der Waals surface area contributed by atoms with E-state index in [1.807, 2.05) is 13.0 Å². The van der Waals surface area contributed by atoms with Gasteiger partial charge in [-0.3, -0.25) is 0 Å². The second-order valence-electron chi connectivity index (χ2n) is 4.11. The highest BCUT2D eigenvalue weighted by molar-refractivity contribution is 5.68. The van der Waals surface area contributed by atoms with Crippen molar-refractivity contribution in [2.24, 2.45) is 5.92 Å². The largest absolute Gasteiger partial charge is 0.395 e. The Morgan fingerprint density at radius 1 is 1.40 bits per heavy atom. The highest BCUT2D eigenvalue weighted by Gasteiger charge is 2.11. The molecule has 15 heavy (non-hydrogen) atoms. The van der Waals surface area contributed by atoms with E-state index in [-0.39, 0.29) is 11.5 Å². The number of halogens is 1. The second kappa shape index (κ2) is 5.01. The average Bonchev–Trinajstić information content (AvgIpc) is 2.19. The monoisotopic (exact) mass is 210 g/mol. The summed E-state index contributed by atoms with van der Waals surface area (Å²) in [6, 6.07) is 4.95. The summed E-state index contributed by atoms with van der Waals surface area (Å²) in [6.45, 7) is 8.05. The highest BCUT2D eigenvalue weighted by Crippen LogP contribution is 2.25. The summed E-state index contributed by atoms with van der Waals surface area (Å²) < 4.78 is 13.3. The summed E-state index contributed by atoms with van der Waals surface area (Å²) in [6.07, 6.45) is 0. The number of hydrogen-bond donors (Lipinski definition) is 1. The van der Waals surface area contributed by atoms with Crippen molar-refractivity contribution in [2.45, 2.75) is 20.8 Å². The summed E-state index contributed by atoms with van der Waals surface area (Å²) in [5.41, 5.74) is 6.77. The molecule has 3 heteroatoms. The summed E-state index contributed by atoms with van der Waals surface area (Å²) in [5, 5.41) is 0. The van der Waals surface area contributed by atoms with E-state index in [4.69, 9.17) is 5.73 Å². The highest BCUT2D eigenvalue weighted by atomic mass is 19.1. The SMILES string of the molecule is CCN(CC(C)C)c1cccc(F)c1N. The second-order valence-corrected chi connectivity index (χ2v) is 4.11. The van der Waals surface area contributed by atoms with Crippen LogP contribution in [0.1, 0.15) is 20.8 Å². The topological polar surface area (TPSA) is 29.3 Å². The molecule has 0 aromatic heterocycles. The van der Waals surface area contributed by atoms with Crippen molar-refractivity contribution in [3.63, 3.8) is 0 Å². The minimum absolute atomic E-state index is 0.250. The first kappa shape index (κ1) is 11.8. The zero-order chi connectivity index (χ0) is 11.4. The van der Waals surface area contributed by atoms with Gasteiger partial charge in [0.2, 0.25) is 0 Å². The van der Waals surface area contributed by atoms with Gasteiger partial charge >= 0.3 is 0 Å². The van der Waals surface area contributed by atoms with Crippen molar-refractivity contribution < 1.29 is 4.39 Å². The lowest BCUT2D eigenvalue weighted by Crippen LogP contribution is -2.28. The number of hydrogen-bond acceptors (Lipinski definition) is 2. The number of para-hydroxylation sites is 1. The summed E-state index contributed by atoms with van der Waals surface area (Å²) in [7, 11) is 0. The van der Waals surface area contributed by atoms with Gasteiger partial charge in [-0.05, 0) is 25.0 Å². The maximum Gasteiger partial charge on any atom is 0.148 e. The molecule has 0 atom stereocenters. The molecule has 0 unspecified atom stereocenters. The van der Waals surface area contributed by atoms with Crippen LogP contribution in [0.3, 0.4) is 0 Å². The third-order valence-electron chi connectivity index (χ3n) is 2.34. The molecule has 2 nitrogen and oxygen atoms in total. The molecule has 1 aromatic rings. The van der Waals surface area contributed by atoms with E-state index in [0.717, 1.165) is 18.8 Å². The van der Waals surface area contributed by atoms with E-state index in [9.17, 15) is 4.39 Å². The van der Waals surface area contributed by atoms with Crippen molar-refractivity contribution in [1.82, 2.24) is 0 Å². The van der Waals surface area contributed by atoms with Gasteiger partial charge in [-0.25, -0.2) is 4.39 Å². The summed E-state index contributed by atoms with van der Waals surface area (Å²) in [4.78, 5) is 2.10. The standard InChI is InChI=1S/C12H19FN2/c1-4-15(8-9(2)3)11-7-5-6-10(13)12(11)14/h5-7,9H,4,8,14H2,1-3H3. The predicted octanol–water partition coefficient (Wildman–Crippen LogP) is 2.89. The summed E-state index contributed by atoms with van der Waals surface area (Å²) in [5.74, 6) is 0.197. The Morgan fingerprint density at radius 3 is 2.60 bits per heavy atom. The first-order valence-corrected chi connectivity index (χ1v) is 5.35. The van der Waals surface area contributed by atoms with Gasteiger partial charge in [0.05, 0.1) is 11.4 Å². The van der Waals surface area contributed by atoms with Crippen LogP contribution in [0.25, 0.3) is 0 Å². The Bertz CT molecular complexity index is 323. The molecule has 0 bridgehead atoms. The van der Waals surface area contributed by atoms with Crippen LogP contribution in [0.15, 0.2) is 18.2 Å². The lowest BCUT2D eigenvalue weighted by Gasteiger charge is -2.26. The molecule has 1 rings (SSSR count). The van der Waals surface area contributed by atoms with Crippen molar-refractivity contribution in [3.8, 4) is 0 Å². The van der Waals surface area contributed by atoms with E-state index >= 15 is 0 Å². The molecule has 0 aliphatic carbocycles. The Labute approximate surface area is 90.9 Å². The quantitative estimate of drug-likeness (QED) is 0.774. The Morgan fingerprint density at radius 2 is 2.07 bits per heavy atom.